The van der Waals surface area contributed by atoms with Gasteiger partial charge in [-0.15, -0.1) is 0 Å². The number of carbonyl (C=O) groups is 1. The fraction of sp³-hybridized carbons (Fsp3) is 0.100. The van der Waals surface area contributed by atoms with Gasteiger partial charge in [0, 0.05) is 5.56 Å². The third kappa shape index (κ3) is 4.32. The highest BCUT2D eigenvalue weighted by Gasteiger charge is 2.19. The van der Waals surface area contributed by atoms with Gasteiger partial charge in [0.2, 0.25) is 0 Å². The number of amides is 1. The molecule has 0 radical (unpaired) electrons. The van der Waals surface area contributed by atoms with E-state index >= 15 is 0 Å². The van der Waals surface area contributed by atoms with Crippen molar-refractivity contribution in [3.05, 3.63) is 78.0 Å². The first-order chi connectivity index (χ1) is 12.9. The van der Waals surface area contributed by atoms with Crippen LogP contribution in [0.5, 0.6) is 5.75 Å². The fourth-order valence-corrected chi connectivity index (χ4v) is 3.40. The molecule has 0 atom stereocenters. The number of nitrogens with one attached hydrogen (secondary N) is 1. The molecule has 0 unspecified atom stereocenters. The molecule has 1 N–H and O–H groups in total. The first kappa shape index (κ1) is 18.6. The lowest BCUT2D eigenvalue weighted by Gasteiger charge is -2.08. The van der Waals surface area contributed by atoms with E-state index in [4.69, 9.17) is 4.74 Å². The van der Waals surface area contributed by atoms with Gasteiger partial charge in [0.25, 0.3) is 15.9 Å². The molecule has 1 aromatic heterocycles. The number of pyridine rings is 1. The second-order valence-electron chi connectivity index (χ2n) is 5.88. The minimum absolute atomic E-state index is 0.0130. The maximum Gasteiger partial charge on any atom is 0.283 e. The number of rotatable bonds is 5. The molecule has 0 spiro atoms. The molecule has 0 bridgehead atoms. The van der Waals surface area contributed by atoms with Gasteiger partial charge >= 0.3 is 0 Å². The minimum Gasteiger partial charge on any atom is -0.497 e. The molecule has 7 heteroatoms. The zero-order chi connectivity index (χ0) is 19.4. The zero-order valence-electron chi connectivity index (χ0n) is 14.8. The average molecular weight is 382 g/mol. The van der Waals surface area contributed by atoms with Gasteiger partial charge in [-0.2, -0.15) is 0 Å². The van der Waals surface area contributed by atoms with Crippen LogP contribution in [0.15, 0.2) is 71.6 Å². The highest BCUT2D eigenvalue weighted by Crippen LogP contribution is 2.21. The molecule has 0 aliphatic rings. The van der Waals surface area contributed by atoms with E-state index in [-0.39, 0.29) is 10.6 Å². The number of carbonyl (C=O) groups excluding carboxylic acids is 1. The van der Waals surface area contributed by atoms with Crippen LogP contribution in [0, 0.1) is 6.92 Å². The quantitative estimate of drug-likeness (QED) is 0.732. The van der Waals surface area contributed by atoms with Crippen molar-refractivity contribution in [2.75, 3.05) is 7.11 Å². The van der Waals surface area contributed by atoms with Gasteiger partial charge in [-0.05, 0) is 55.5 Å². The number of ether oxygens (including phenoxy) is 1. The number of hydrogen-bond donors (Lipinski definition) is 1. The lowest BCUT2D eigenvalue weighted by molar-refractivity contribution is 0.0976. The van der Waals surface area contributed by atoms with Crippen molar-refractivity contribution in [2.45, 2.75) is 11.8 Å². The zero-order valence-corrected chi connectivity index (χ0v) is 15.7. The molecule has 0 saturated carbocycles. The molecule has 1 amide bonds. The van der Waals surface area contributed by atoms with Crippen LogP contribution in [0.3, 0.4) is 0 Å². The molecule has 0 saturated heterocycles. The molecular weight excluding hydrogens is 364 g/mol. The van der Waals surface area contributed by atoms with Crippen LogP contribution in [0.1, 0.15) is 16.1 Å². The Morgan fingerprint density at radius 2 is 1.63 bits per heavy atom. The fourth-order valence-electron chi connectivity index (χ4n) is 2.43. The lowest BCUT2D eigenvalue weighted by atomic mass is 10.1. The van der Waals surface area contributed by atoms with Gasteiger partial charge in [-0.3, -0.25) is 4.79 Å². The van der Waals surface area contributed by atoms with E-state index in [0.717, 1.165) is 11.1 Å². The summed E-state index contributed by atoms with van der Waals surface area (Å²) in [7, 11) is -2.39. The molecule has 1 heterocycles. The van der Waals surface area contributed by atoms with Crippen molar-refractivity contribution in [2.24, 2.45) is 0 Å². The molecule has 3 rings (SSSR count). The molecule has 3 aromatic rings. The number of hydrogen-bond acceptors (Lipinski definition) is 5. The second kappa shape index (κ2) is 7.59. The second-order valence-corrected chi connectivity index (χ2v) is 7.57. The predicted molar refractivity (Wildman–Crippen MR) is 102 cm³/mol. The van der Waals surface area contributed by atoms with Gasteiger partial charge in [-0.1, -0.05) is 23.8 Å². The monoisotopic (exact) mass is 382 g/mol. The Labute approximate surface area is 157 Å². The van der Waals surface area contributed by atoms with E-state index in [0.29, 0.717) is 11.4 Å². The summed E-state index contributed by atoms with van der Waals surface area (Å²) in [5.41, 5.74) is 2.28. The number of nitrogens with zero attached hydrogens (tertiary/aromatic N) is 1. The number of aromatic nitrogens is 1. The number of aryl methyl sites for hydroxylation is 1. The average Bonchev–Trinajstić information content (AvgIpc) is 2.68. The van der Waals surface area contributed by atoms with E-state index in [1.807, 2.05) is 19.1 Å². The van der Waals surface area contributed by atoms with Crippen LogP contribution in [0.25, 0.3) is 11.3 Å². The highest BCUT2D eigenvalue weighted by molar-refractivity contribution is 7.90. The third-order valence-corrected chi connectivity index (χ3v) is 5.27. The van der Waals surface area contributed by atoms with E-state index in [9.17, 15) is 13.2 Å². The van der Waals surface area contributed by atoms with Crippen molar-refractivity contribution in [3.63, 3.8) is 0 Å². The van der Waals surface area contributed by atoms with E-state index < -0.39 is 15.9 Å². The van der Waals surface area contributed by atoms with Crippen molar-refractivity contribution < 1.29 is 17.9 Å². The first-order valence-corrected chi connectivity index (χ1v) is 9.63. The Hall–Kier alpha value is -3.19. The van der Waals surface area contributed by atoms with E-state index in [1.165, 1.54) is 18.2 Å². The Balaban J connectivity index is 1.83. The summed E-state index contributed by atoms with van der Waals surface area (Å²) in [5.74, 6) is -0.0808. The normalized spacial score (nSPS) is 11.0. The Bertz CT molecular complexity index is 1060. The van der Waals surface area contributed by atoms with Gasteiger partial charge in [0.05, 0.1) is 17.7 Å². The van der Waals surface area contributed by atoms with Crippen molar-refractivity contribution in [3.8, 4) is 17.0 Å². The molecule has 27 heavy (non-hydrogen) atoms. The summed E-state index contributed by atoms with van der Waals surface area (Å²) in [6.45, 7) is 1.85. The maximum absolute atomic E-state index is 12.4. The van der Waals surface area contributed by atoms with Crippen molar-refractivity contribution in [1.29, 1.82) is 0 Å². The smallest absolute Gasteiger partial charge is 0.283 e. The number of sulfonamides is 1. The molecule has 2 aromatic carbocycles. The Morgan fingerprint density at radius 1 is 0.963 bits per heavy atom. The minimum atomic E-state index is -3.97. The summed E-state index contributed by atoms with van der Waals surface area (Å²) in [4.78, 5) is 16.7. The van der Waals surface area contributed by atoms with Crippen LogP contribution in [-0.2, 0) is 10.0 Å². The molecule has 138 valence electrons. The standard InChI is InChI=1S/C20H18N2O4S/c1-14-6-12-17(13-7-14)27(24,25)22-20(23)19-5-3-4-18(21-19)15-8-10-16(26-2)11-9-15/h3-13H,1-2H3,(H,22,23). The van der Waals surface area contributed by atoms with Gasteiger partial charge in [0.1, 0.15) is 11.4 Å². The summed E-state index contributed by atoms with van der Waals surface area (Å²) >= 11 is 0. The summed E-state index contributed by atoms with van der Waals surface area (Å²) < 4.78 is 31.9. The Morgan fingerprint density at radius 3 is 2.26 bits per heavy atom. The highest BCUT2D eigenvalue weighted by atomic mass is 32.2. The third-order valence-electron chi connectivity index (χ3n) is 3.93. The molecule has 0 aliphatic heterocycles. The molecule has 0 aliphatic carbocycles. The van der Waals surface area contributed by atoms with Crippen LogP contribution in [-0.4, -0.2) is 26.4 Å². The van der Waals surface area contributed by atoms with E-state index in [1.54, 1.807) is 43.5 Å². The Kier molecular flexibility index (Phi) is 5.23. The van der Waals surface area contributed by atoms with Crippen LogP contribution in [0.4, 0.5) is 0 Å². The largest absolute Gasteiger partial charge is 0.497 e. The SMILES string of the molecule is COc1ccc(-c2cccc(C(=O)NS(=O)(=O)c3ccc(C)cc3)n2)cc1. The topological polar surface area (TPSA) is 85.4 Å². The van der Waals surface area contributed by atoms with Gasteiger partial charge in [0.15, 0.2) is 0 Å². The van der Waals surface area contributed by atoms with Crippen LogP contribution >= 0.6 is 0 Å². The number of benzene rings is 2. The molecular formula is C20H18N2O4S. The number of methoxy groups -OCH3 is 1. The van der Waals surface area contributed by atoms with Crippen molar-refractivity contribution >= 4 is 15.9 Å². The van der Waals surface area contributed by atoms with Crippen LogP contribution < -0.4 is 9.46 Å². The summed E-state index contributed by atoms with van der Waals surface area (Å²) in [6, 6.07) is 18.3. The lowest BCUT2D eigenvalue weighted by Crippen LogP contribution is -2.31. The van der Waals surface area contributed by atoms with Crippen LogP contribution in [0.2, 0.25) is 0 Å². The van der Waals surface area contributed by atoms with E-state index in [2.05, 4.69) is 9.71 Å². The summed E-state index contributed by atoms with van der Waals surface area (Å²) in [5, 5.41) is 0. The molecule has 6 nitrogen and oxygen atoms in total. The first-order valence-electron chi connectivity index (χ1n) is 8.14. The van der Waals surface area contributed by atoms with Gasteiger partial charge < -0.3 is 4.74 Å². The maximum atomic E-state index is 12.4. The van der Waals surface area contributed by atoms with Gasteiger partial charge in [-0.25, -0.2) is 18.1 Å². The summed E-state index contributed by atoms with van der Waals surface area (Å²) in [6.07, 6.45) is 0. The predicted octanol–water partition coefficient (Wildman–Crippen LogP) is 3.18. The molecule has 0 fully saturated rings. The van der Waals surface area contributed by atoms with Crippen molar-refractivity contribution in [1.82, 2.24) is 9.71 Å².